The zero-order valence-corrected chi connectivity index (χ0v) is 18.7. The van der Waals surface area contributed by atoms with E-state index in [9.17, 15) is 0 Å². The molecule has 1 heterocycles. The SMILES string of the molecule is c1ccc(Cc2cc3ccccc3c3c2oc2c(-c4cccc5ccccc45)cccc23)cc1. The van der Waals surface area contributed by atoms with Crippen molar-refractivity contribution in [3.05, 3.63) is 132 Å². The summed E-state index contributed by atoms with van der Waals surface area (Å²) >= 11 is 0. The molecule has 0 N–H and O–H groups in total. The van der Waals surface area contributed by atoms with E-state index in [1.807, 2.05) is 0 Å². The maximum absolute atomic E-state index is 6.80. The zero-order chi connectivity index (χ0) is 22.5. The van der Waals surface area contributed by atoms with Crippen molar-refractivity contribution in [1.29, 1.82) is 0 Å². The summed E-state index contributed by atoms with van der Waals surface area (Å²) < 4.78 is 6.80. The molecule has 1 aromatic heterocycles. The summed E-state index contributed by atoms with van der Waals surface area (Å²) in [5.74, 6) is 0. The number of fused-ring (bicyclic) bond motifs is 6. The van der Waals surface area contributed by atoms with Crippen molar-refractivity contribution in [2.75, 3.05) is 0 Å². The first-order valence-electron chi connectivity index (χ1n) is 11.7. The van der Waals surface area contributed by atoms with E-state index in [2.05, 4.69) is 121 Å². The number of hydrogen-bond donors (Lipinski definition) is 0. The van der Waals surface area contributed by atoms with Crippen LogP contribution in [-0.4, -0.2) is 0 Å². The molecule has 0 fully saturated rings. The molecule has 1 heteroatoms. The molecular formula is C33H22O. The average molecular weight is 435 g/mol. The Bertz CT molecular complexity index is 1820. The number of hydrogen-bond acceptors (Lipinski definition) is 1. The number of rotatable bonds is 3. The maximum Gasteiger partial charge on any atom is 0.143 e. The highest BCUT2D eigenvalue weighted by atomic mass is 16.3. The topological polar surface area (TPSA) is 13.1 Å². The molecule has 0 amide bonds. The van der Waals surface area contributed by atoms with Crippen molar-refractivity contribution in [1.82, 2.24) is 0 Å². The molecule has 0 aliphatic carbocycles. The van der Waals surface area contributed by atoms with Gasteiger partial charge in [0.1, 0.15) is 11.2 Å². The Kier molecular flexibility index (Phi) is 4.28. The summed E-state index contributed by atoms with van der Waals surface area (Å²) in [5, 5.41) is 7.35. The summed E-state index contributed by atoms with van der Waals surface area (Å²) in [6, 6.07) is 43.2. The Morgan fingerprint density at radius 3 is 2.00 bits per heavy atom. The van der Waals surface area contributed by atoms with Gasteiger partial charge in [0.25, 0.3) is 0 Å². The summed E-state index contributed by atoms with van der Waals surface area (Å²) in [4.78, 5) is 0. The van der Waals surface area contributed by atoms with Gasteiger partial charge in [-0.3, -0.25) is 0 Å². The Hall–Kier alpha value is -4.36. The molecule has 0 radical (unpaired) electrons. The average Bonchev–Trinajstić information content (AvgIpc) is 3.30. The minimum atomic E-state index is 0.839. The Morgan fingerprint density at radius 2 is 1.12 bits per heavy atom. The summed E-state index contributed by atoms with van der Waals surface area (Å²) in [6.45, 7) is 0. The van der Waals surface area contributed by atoms with E-state index >= 15 is 0 Å². The van der Waals surface area contributed by atoms with E-state index in [1.165, 1.54) is 49.0 Å². The van der Waals surface area contributed by atoms with Gasteiger partial charge in [0, 0.05) is 28.3 Å². The first kappa shape index (κ1) is 19.1. The minimum Gasteiger partial charge on any atom is -0.455 e. The highest BCUT2D eigenvalue weighted by molar-refractivity contribution is 6.22. The lowest BCUT2D eigenvalue weighted by Crippen LogP contribution is -1.89. The van der Waals surface area contributed by atoms with Crippen molar-refractivity contribution in [2.24, 2.45) is 0 Å². The molecule has 0 saturated carbocycles. The van der Waals surface area contributed by atoms with Gasteiger partial charge in [-0.05, 0) is 38.7 Å². The van der Waals surface area contributed by atoms with Crippen LogP contribution in [0, 0.1) is 0 Å². The molecule has 0 aliphatic heterocycles. The third kappa shape index (κ3) is 2.94. The molecule has 0 spiro atoms. The van der Waals surface area contributed by atoms with E-state index in [4.69, 9.17) is 4.42 Å². The van der Waals surface area contributed by atoms with Gasteiger partial charge in [-0.15, -0.1) is 0 Å². The van der Waals surface area contributed by atoms with Crippen LogP contribution in [0.25, 0.3) is 54.6 Å². The largest absolute Gasteiger partial charge is 0.455 e. The van der Waals surface area contributed by atoms with Crippen LogP contribution in [-0.2, 0) is 6.42 Å². The molecule has 7 aromatic rings. The molecule has 0 bridgehead atoms. The third-order valence-corrected chi connectivity index (χ3v) is 6.88. The predicted octanol–water partition coefficient (Wildman–Crippen LogP) is 9.15. The predicted molar refractivity (Wildman–Crippen MR) is 143 cm³/mol. The van der Waals surface area contributed by atoms with E-state index in [0.717, 1.165) is 23.2 Å². The highest BCUT2D eigenvalue weighted by Gasteiger charge is 2.18. The normalized spacial score (nSPS) is 11.6. The van der Waals surface area contributed by atoms with Crippen molar-refractivity contribution >= 4 is 43.5 Å². The highest BCUT2D eigenvalue weighted by Crippen LogP contribution is 2.42. The smallest absolute Gasteiger partial charge is 0.143 e. The van der Waals surface area contributed by atoms with Gasteiger partial charge >= 0.3 is 0 Å². The van der Waals surface area contributed by atoms with Crippen molar-refractivity contribution in [3.8, 4) is 11.1 Å². The van der Waals surface area contributed by atoms with Crippen LogP contribution in [0.4, 0.5) is 0 Å². The summed E-state index contributed by atoms with van der Waals surface area (Å²) in [7, 11) is 0. The van der Waals surface area contributed by atoms with Crippen LogP contribution in [0.3, 0.4) is 0 Å². The monoisotopic (exact) mass is 434 g/mol. The van der Waals surface area contributed by atoms with Gasteiger partial charge in [0.05, 0.1) is 0 Å². The fourth-order valence-electron chi connectivity index (χ4n) is 5.34. The van der Waals surface area contributed by atoms with E-state index in [1.54, 1.807) is 0 Å². The fourth-order valence-corrected chi connectivity index (χ4v) is 5.34. The van der Waals surface area contributed by atoms with Crippen molar-refractivity contribution in [3.63, 3.8) is 0 Å². The lowest BCUT2D eigenvalue weighted by molar-refractivity contribution is 0.665. The molecule has 34 heavy (non-hydrogen) atoms. The van der Waals surface area contributed by atoms with Crippen LogP contribution in [0.1, 0.15) is 11.1 Å². The van der Waals surface area contributed by atoms with Crippen LogP contribution in [0.5, 0.6) is 0 Å². The summed E-state index contributed by atoms with van der Waals surface area (Å²) in [6.07, 6.45) is 0.839. The number of benzene rings is 6. The molecule has 7 rings (SSSR count). The molecule has 6 aromatic carbocycles. The first-order chi connectivity index (χ1) is 16.9. The first-order valence-corrected chi connectivity index (χ1v) is 11.7. The third-order valence-electron chi connectivity index (χ3n) is 6.88. The quantitative estimate of drug-likeness (QED) is 0.270. The Balaban J connectivity index is 1.58. The number of para-hydroxylation sites is 1. The van der Waals surface area contributed by atoms with Crippen LogP contribution >= 0.6 is 0 Å². The Morgan fingerprint density at radius 1 is 0.471 bits per heavy atom. The van der Waals surface area contributed by atoms with Crippen LogP contribution in [0.2, 0.25) is 0 Å². The Labute approximate surface area is 197 Å². The lowest BCUT2D eigenvalue weighted by Gasteiger charge is -2.07. The fraction of sp³-hybridized carbons (Fsp3) is 0.0303. The van der Waals surface area contributed by atoms with Gasteiger partial charge in [-0.25, -0.2) is 0 Å². The van der Waals surface area contributed by atoms with Crippen LogP contribution in [0.15, 0.2) is 126 Å². The molecule has 0 saturated heterocycles. The van der Waals surface area contributed by atoms with Crippen molar-refractivity contribution in [2.45, 2.75) is 6.42 Å². The second kappa shape index (κ2) is 7.60. The van der Waals surface area contributed by atoms with Gasteiger partial charge in [-0.2, -0.15) is 0 Å². The minimum absolute atomic E-state index is 0.839. The van der Waals surface area contributed by atoms with E-state index in [0.29, 0.717) is 0 Å². The van der Waals surface area contributed by atoms with Gasteiger partial charge in [0.2, 0.25) is 0 Å². The molecule has 0 aliphatic rings. The molecule has 0 unspecified atom stereocenters. The standard InChI is InChI=1S/C33H22O/c1-2-10-22(11-3-1)20-25-21-24-13-5-7-16-27(24)31-30-19-9-18-29(33(30)34-32(25)31)28-17-8-14-23-12-4-6-15-26(23)28/h1-19,21H,20H2. The molecular weight excluding hydrogens is 412 g/mol. The number of furan rings is 1. The second-order valence-corrected chi connectivity index (χ2v) is 8.93. The molecule has 0 atom stereocenters. The van der Waals surface area contributed by atoms with E-state index in [-0.39, 0.29) is 0 Å². The maximum atomic E-state index is 6.80. The molecule has 160 valence electrons. The van der Waals surface area contributed by atoms with Gasteiger partial charge < -0.3 is 4.42 Å². The second-order valence-electron chi connectivity index (χ2n) is 8.93. The summed E-state index contributed by atoms with van der Waals surface area (Å²) in [5.41, 5.74) is 6.80. The zero-order valence-electron chi connectivity index (χ0n) is 18.7. The van der Waals surface area contributed by atoms with Crippen molar-refractivity contribution < 1.29 is 4.42 Å². The molecule has 1 nitrogen and oxygen atoms in total. The van der Waals surface area contributed by atoms with E-state index < -0.39 is 0 Å². The van der Waals surface area contributed by atoms with Gasteiger partial charge in [0.15, 0.2) is 0 Å². The lowest BCUT2D eigenvalue weighted by atomic mass is 9.94. The van der Waals surface area contributed by atoms with Crippen LogP contribution < -0.4 is 0 Å². The van der Waals surface area contributed by atoms with Gasteiger partial charge in [-0.1, -0.05) is 115 Å².